The van der Waals surface area contributed by atoms with Crippen LogP contribution in [-0.2, 0) is 4.79 Å². The van der Waals surface area contributed by atoms with Crippen LogP contribution in [0.5, 0.6) is 0 Å². The van der Waals surface area contributed by atoms with Crippen molar-refractivity contribution in [3.63, 3.8) is 0 Å². The van der Waals surface area contributed by atoms with Gasteiger partial charge in [-0.2, -0.15) is 0 Å². The van der Waals surface area contributed by atoms with E-state index in [2.05, 4.69) is 11.6 Å². The van der Waals surface area contributed by atoms with Gasteiger partial charge in [0.25, 0.3) is 0 Å². The highest BCUT2D eigenvalue weighted by Gasteiger charge is 2.30. The van der Waals surface area contributed by atoms with E-state index in [1.165, 1.54) is 0 Å². The van der Waals surface area contributed by atoms with Gasteiger partial charge in [0.05, 0.1) is 11.6 Å². The van der Waals surface area contributed by atoms with Crippen LogP contribution in [0.1, 0.15) is 30.5 Å². The first-order chi connectivity index (χ1) is 7.59. The summed E-state index contributed by atoms with van der Waals surface area (Å²) < 4.78 is 0. The molecule has 0 radical (unpaired) electrons. The van der Waals surface area contributed by atoms with Crippen LogP contribution in [0.3, 0.4) is 0 Å². The van der Waals surface area contributed by atoms with Gasteiger partial charge in [-0.05, 0) is 30.5 Å². The average molecular weight is 216 g/mol. The number of likely N-dealkylation sites (N-methyl/N-ethyl adjacent to an activating group) is 1. The lowest BCUT2D eigenvalue weighted by molar-refractivity contribution is -0.127. The van der Waals surface area contributed by atoms with Crippen molar-refractivity contribution in [2.45, 2.75) is 19.3 Å². The van der Waals surface area contributed by atoms with Crippen molar-refractivity contribution in [2.75, 3.05) is 13.6 Å². The maximum absolute atomic E-state index is 11.8. The van der Waals surface area contributed by atoms with Crippen LogP contribution in [0.4, 0.5) is 0 Å². The smallest absolute Gasteiger partial charge is 0.229 e. The van der Waals surface area contributed by atoms with E-state index in [1.54, 1.807) is 11.1 Å². The minimum Gasteiger partial charge on any atom is -0.345 e. The molecule has 1 aliphatic heterocycles. The highest BCUT2D eigenvalue weighted by molar-refractivity contribution is 5.85. The number of carbonyl (C=O) groups excluding carboxylic acids is 1. The van der Waals surface area contributed by atoms with E-state index in [9.17, 15) is 4.79 Å². The molecule has 1 amide bonds. The molecule has 3 nitrogen and oxygen atoms in total. The Morgan fingerprint density at radius 3 is 2.75 bits per heavy atom. The largest absolute Gasteiger partial charge is 0.345 e. The van der Waals surface area contributed by atoms with E-state index in [1.807, 2.05) is 26.1 Å². The van der Waals surface area contributed by atoms with E-state index >= 15 is 0 Å². The molecule has 0 bridgehead atoms. The lowest BCUT2D eigenvalue weighted by atomic mass is 9.99. The third-order valence-electron chi connectivity index (χ3n) is 3.05. The number of carbonyl (C=O) groups is 1. The summed E-state index contributed by atoms with van der Waals surface area (Å²) in [6.07, 6.45) is 2.69. The van der Waals surface area contributed by atoms with Gasteiger partial charge in [0.2, 0.25) is 5.91 Å². The van der Waals surface area contributed by atoms with Gasteiger partial charge in [-0.1, -0.05) is 12.6 Å². The number of hydrogen-bond donors (Lipinski definition) is 0. The summed E-state index contributed by atoms with van der Waals surface area (Å²) in [5.74, 6) is 0.196. The molecule has 1 saturated heterocycles. The number of pyridine rings is 1. The lowest BCUT2D eigenvalue weighted by Crippen LogP contribution is -2.21. The minimum atomic E-state index is -0.00308. The summed E-state index contributed by atoms with van der Waals surface area (Å²) in [4.78, 5) is 17.9. The number of allylic oxidation sites excluding steroid dienone is 1. The molecule has 0 N–H and O–H groups in total. The predicted octanol–water partition coefficient (Wildman–Crippen LogP) is 2.06. The first-order valence-corrected chi connectivity index (χ1v) is 5.46. The lowest BCUT2D eigenvalue weighted by Gasteiger charge is -2.10. The third-order valence-corrected chi connectivity index (χ3v) is 3.05. The van der Waals surface area contributed by atoms with Gasteiger partial charge >= 0.3 is 0 Å². The van der Waals surface area contributed by atoms with Gasteiger partial charge < -0.3 is 4.90 Å². The zero-order valence-electron chi connectivity index (χ0n) is 9.73. The molecule has 1 atom stereocenters. The van der Waals surface area contributed by atoms with Crippen molar-refractivity contribution in [1.29, 1.82) is 0 Å². The molecule has 0 spiro atoms. The van der Waals surface area contributed by atoms with Crippen molar-refractivity contribution in [2.24, 2.45) is 0 Å². The second-order valence-electron chi connectivity index (χ2n) is 4.36. The van der Waals surface area contributed by atoms with E-state index in [-0.39, 0.29) is 11.8 Å². The Hall–Kier alpha value is -1.64. The van der Waals surface area contributed by atoms with Gasteiger partial charge in [0.1, 0.15) is 0 Å². The van der Waals surface area contributed by atoms with Gasteiger partial charge in [-0.25, -0.2) is 0 Å². The number of hydrogen-bond acceptors (Lipinski definition) is 2. The Morgan fingerprint density at radius 2 is 2.31 bits per heavy atom. The van der Waals surface area contributed by atoms with Crippen molar-refractivity contribution in [3.8, 4) is 0 Å². The molecule has 1 aromatic heterocycles. The predicted molar refractivity (Wildman–Crippen MR) is 63.9 cm³/mol. The van der Waals surface area contributed by atoms with Crippen LogP contribution in [0.25, 0.3) is 5.57 Å². The minimum absolute atomic E-state index is 0.00308. The number of aromatic nitrogens is 1. The molecule has 1 aliphatic rings. The third kappa shape index (κ3) is 1.85. The van der Waals surface area contributed by atoms with Crippen LogP contribution < -0.4 is 0 Å². The summed E-state index contributed by atoms with van der Waals surface area (Å²) in [6.45, 7) is 6.61. The molecular formula is C13H16N2O. The Labute approximate surface area is 95.8 Å². The van der Waals surface area contributed by atoms with Crippen LogP contribution in [0.2, 0.25) is 0 Å². The Bertz CT molecular complexity index is 422. The average Bonchev–Trinajstić information content (AvgIpc) is 2.60. The molecule has 84 valence electrons. The zero-order chi connectivity index (χ0) is 11.7. The summed E-state index contributed by atoms with van der Waals surface area (Å²) in [5.41, 5.74) is 2.85. The number of nitrogens with zero attached hydrogens (tertiary/aromatic N) is 2. The molecule has 2 heterocycles. The molecule has 1 unspecified atom stereocenters. The standard InChI is InChI=1S/C13H16N2O/c1-9(2)12-5-4-10(8-14-12)11-6-7-15(3)13(11)16/h4-5,8,11H,1,6-7H2,2-3H3. The van der Waals surface area contributed by atoms with Crippen molar-refractivity contribution >= 4 is 11.5 Å². The molecule has 16 heavy (non-hydrogen) atoms. The fraction of sp³-hybridized carbons (Fsp3) is 0.385. The molecule has 3 heteroatoms. The number of rotatable bonds is 2. The van der Waals surface area contributed by atoms with Crippen LogP contribution in [0, 0.1) is 0 Å². The second kappa shape index (κ2) is 4.08. The molecule has 1 fully saturated rings. The van der Waals surface area contributed by atoms with E-state index in [0.717, 1.165) is 29.8 Å². The number of likely N-dealkylation sites (tertiary alicyclic amines) is 1. The van der Waals surface area contributed by atoms with Crippen molar-refractivity contribution in [3.05, 3.63) is 36.2 Å². The van der Waals surface area contributed by atoms with Crippen LogP contribution in [0.15, 0.2) is 24.9 Å². The molecule has 0 aromatic carbocycles. The van der Waals surface area contributed by atoms with Gasteiger partial charge in [0, 0.05) is 19.8 Å². The molecule has 2 rings (SSSR count). The summed E-state index contributed by atoms with van der Waals surface area (Å²) in [7, 11) is 1.85. The quantitative estimate of drug-likeness (QED) is 0.758. The Kier molecular flexibility index (Phi) is 2.77. The Morgan fingerprint density at radius 1 is 1.56 bits per heavy atom. The summed E-state index contributed by atoms with van der Waals surface area (Å²) >= 11 is 0. The normalized spacial score (nSPS) is 20.2. The van der Waals surface area contributed by atoms with Gasteiger partial charge in [-0.3, -0.25) is 9.78 Å². The van der Waals surface area contributed by atoms with Gasteiger partial charge in [-0.15, -0.1) is 0 Å². The summed E-state index contributed by atoms with van der Waals surface area (Å²) in [6, 6.07) is 3.92. The second-order valence-corrected chi connectivity index (χ2v) is 4.36. The highest BCUT2D eigenvalue weighted by atomic mass is 16.2. The topological polar surface area (TPSA) is 33.2 Å². The van der Waals surface area contributed by atoms with Crippen LogP contribution in [-0.4, -0.2) is 29.4 Å². The first-order valence-electron chi connectivity index (χ1n) is 5.46. The molecule has 0 aliphatic carbocycles. The van der Waals surface area contributed by atoms with E-state index in [0.29, 0.717) is 0 Å². The van der Waals surface area contributed by atoms with E-state index in [4.69, 9.17) is 0 Å². The molecule has 0 saturated carbocycles. The number of amides is 1. The fourth-order valence-corrected chi connectivity index (χ4v) is 2.00. The first kappa shape index (κ1) is 10.9. The summed E-state index contributed by atoms with van der Waals surface area (Å²) in [5, 5.41) is 0. The zero-order valence-corrected chi connectivity index (χ0v) is 9.73. The fourth-order valence-electron chi connectivity index (χ4n) is 2.00. The highest BCUT2D eigenvalue weighted by Crippen LogP contribution is 2.27. The van der Waals surface area contributed by atoms with E-state index < -0.39 is 0 Å². The van der Waals surface area contributed by atoms with Crippen LogP contribution >= 0.6 is 0 Å². The maximum atomic E-state index is 11.8. The van der Waals surface area contributed by atoms with Crippen molar-refractivity contribution in [1.82, 2.24) is 9.88 Å². The monoisotopic (exact) mass is 216 g/mol. The molecular weight excluding hydrogens is 200 g/mol. The molecule has 1 aromatic rings. The van der Waals surface area contributed by atoms with Crippen molar-refractivity contribution < 1.29 is 4.79 Å². The SMILES string of the molecule is C=C(C)c1ccc(C2CCN(C)C2=O)cn1. The van der Waals surface area contributed by atoms with Gasteiger partial charge in [0.15, 0.2) is 0 Å². The Balaban J connectivity index is 2.22. The maximum Gasteiger partial charge on any atom is 0.229 e.